The van der Waals surface area contributed by atoms with Gasteiger partial charge in [-0.3, -0.25) is 14.6 Å². The first-order chi connectivity index (χ1) is 8.15. The Kier molecular flexibility index (Phi) is 8.58. The molecule has 96 valence electrons. The van der Waals surface area contributed by atoms with Gasteiger partial charge in [0.25, 0.3) is 0 Å². The monoisotopic (exact) mass is 241 g/mol. The Labute approximate surface area is 101 Å². The number of carbonyl (C=O) groups excluding carboxylic acids is 2. The van der Waals surface area contributed by atoms with Crippen molar-refractivity contribution >= 4 is 18.0 Å². The lowest BCUT2D eigenvalue weighted by Gasteiger charge is -2.15. The molecule has 0 heterocycles. The first-order valence-electron chi connectivity index (χ1n) is 5.40. The second kappa shape index (κ2) is 9.53. The summed E-state index contributed by atoms with van der Waals surface area (Å²) >= 11 is 0. The van der Waals surface area contributed by atoms with E-state index in [0.717, 1.165) is 0 Å². The van der Waals surface area contributed by atoms with Crippen molar-refractivity contribution in [3.05, 3.63) is 12.8 Å². The topological polar surface area (TPSA) is 90.8 Å². The average Bonchev–Trinajstić information content (AvgIpc) is 2.35. The molecule has 0 aromatic rings. The minimum absolute atomic E-state index is 0.271. The first-order valence-corrected chi connectivity index (χ1v) is 5.40. The number of nitrogens with zero attached hydrogens (tertiary/aromatic N) is 1. The van der Waals surface area contributed by atoms with Crippen LogP contribution in [0.2, 0.25) is 0 Å². The van der Waals surface area contributed by atoms with Crippen LogP contribution < -0.4 is 10.6 Å². The van der Waals surface area contributed by atoms with Crippen LogP contribution >= 0.6 is 0 Å². The molecule has 0 unspecified atom stereocenters. The van der Waals surface area contributed by atoms with Gasteiger partial charge in [-0.1, -0.05) is 6.58 Å². The van der Waals surface area contributed by atoms with Gasteiger partial charge in [0.15, 0.2) is 0 Å². The number of amides is 2. The van der Waals surface area contributed by atoms with Crippen molar-refractivity contribution in [3.8, 4) is 0 Å². The molecule has 0 rings (SSSR count). The number of nitrogens with one attached hydrogen (secondary N) is 2. The van der Waals surface area contributed by atoms with E-state index in [1.54, 1.807) is 6.21 Å². The van der Waals surface area contributed by atoms with Gasteiger partial charge in [0.05, 0.1) is 0 Å². The van der Waals surface area contributed by atoms with E-state index in [1.807, 2.05) is 0 Å². The van der Waals surface area contributed by atoms with Gasteiger partial charge < -0.3 is 15.7 Å². The highest BCUT2D eigenvalue weighted by Crippen LogP contribution is 2.00. The smallest absolute Gasteiger partial charge is 0.246 e. The number of unbranched alkanes of at least 4 members (excludes halogenated alkanes) is 1. The zero-order valence-corrected chi connectivity index (χ0v) is 9.98. The molecule has 0 fully saturated rings. The predicted molar refractivity (Wildman–Crippen MR) is 65.6 cm³/mol. The van der Waals surface area contributed by atoms with Gasteiger partial charge in [-0.05, 0) is 19.3 Å². The molecule has 0 spiro atoms. The summed E-state index contributed by atoms with van der Waals surface area (Å²) in [5.41, 5.74) is 0. The Balaban J connectivity index is 4.10. The number of aliphatic imine (C=N–C) groups is 1. The zero-order chi connectivity index (χ0) is 13.1. The third-order valence-corrected chi connectivity index (χ3v) is 2.08. The molecule has 0 aromatic heterocycles. The minimum Gasteiger partial charge on any atom is -0.387 e. The fourth-order valence-corrected chi connectivity index (χ4v) is 1.25. The van der Waals surface area contributed by atoms with Gasteiger partial charge >= 0.3 is 0 Å². The second-order valence-corrected chi connectivity index (χ2v) is 3.34. The second-order valence-electron chi connectivity index (χ2n) is 3.34. The summed E-state index contributed by atoms with van der Waals surface area (Å²) in [5.74, 6) is -0.828. The number of aliphatic hydroxyl groups is 1. The number of aliphatic hydroxyl groups excluding tert-OH is 1. The number of hydrogen-bond acceptors (Lipinski definition) is 4. The van der Waals surface area contributed by atoms with Crippen molar-refractivity contribution in [2.75, 3.05) is 13.7 Å². The molecular weight excluding hydrogens is 222 g/mol. The number of carbonyl (C=O) groups is 2. The summed E-state index contributed by atoms with van der Waals surface area (Å²) in [6.45, 7) is 2.82. The van der Waals surface area contributed by atoms with Crippen LogP contribution in [0.25, 0.3) is 0 Å². The highest BCUT2D eigenvalue weighted by Gasteiger charge is 2.18. The third-order valence-electron chi connectivity index (χ3n) is 2.08. The lowest BCUT2D eigenvalue weighted by molar-refractivity contribution is -0.130. The van der Waals surface area contributed by atoms with Crippen LogP contribution in [-0.4, -0.2) is 42.8 Å². The SMILES string of the molecule is C=CN=CCCC[C@H](NC(=O)CO)C(=O)NC. The van der Waals surface area contributed by atoms with Crippen LogP contribution in [0.15, 0.2) is 17.8 Å². The largest absolute Gasteiger partial charge is 0.387 e. The molecular formula is C11H19N3O3. The molecule has 0 saturated carbocycles. The van der Waals surface area contributed by atoms with Gasteiger partial charge in [-0.2, -0.15) is 0 Å². The van der Waals surface area contributed by atoms with Crippen molar-refractivity contribution in [1.29, 1.82) is 0 Å². The average molecular weight is 241 g/mol. The van der Waals surface area contributed by atoms with Crippen LogP contribution in [0.1, 0.15) is 19.3 Å². The highest BCUT2D eigenvalue weighted by atomic mass is 16.3. The van der Waals surface area contributed by atoms with Crippen molar-refractivity contribution in [2.24, 2.45) is 4.99 Å². The molecule has 6 heteroatoms. The molecule has 0 aliphatic heterocycles. The quantitative estimate of drug-likeness (QED) is 0.398. The van der Waals surface area contributed by atoms with Gasteiger partial charge in [0.2, 0.25) is 11.8 Å². The van der Waals surface area contributed by atoms with E-state index in [0.29, 0.717) is 19.3 Å². The lowest BCUT2D eigenvalue weighted by Crippen LogP contribution is -2.46. The lowest BCUT2D eigenvalue weighted by atomic mass is 10.1. The summed E-state index contributed by atoms with van der Waals surface area (Å²) in [6.07, 6.45) is 5.04. The Hall–Kier alpha value is -1.69. The van der Waals surface area contributed by atoms with Crippen LogP contribution in [0.3, 0.4) is 0 Å². The van der Waals surface area contributed by atoms with Crippen LogP contribution in [0.4, 0.5) is 0 Å². The Morgan fingerprint density at radius 3 is 2.76 bits per heavy atom. The standard InChI is InChI=1S/C11H19N3O3/c1-3-13-7-5-4-6-9(11(17)12-2)14-10(16)8-15/h3,7,9,15H,1,4-6,8H2,2H3,(H,12,17)(H,14,16)/t9-/m0/s1. The van der Waals surface area contributed by atoms with Crippen molar-refractivity contribution in [3.63, 3.8) is 0 Å². The van der Waals surface area contributed by atoms with E-state index in [2.05, 4.69) is 22.2 Å². The molecule has 1 atom stereocenters. The fraction of sp³-hybridized carbons (Fsp3) is 0.545. The minimum atomic E-state index is -0.620. The van der Waals surface area contributed by atoms with E-state index in [1.165, 1.54) is 13.2 Å². The Morgan fingerprint density at radius 1 is 1.53 bits per heavy atom. The van der Waals surface area contributed by atoms with Gasteiger partial charge in [-0.25, -0.2) is 0 Å². The summed E-state index contributed by atoms with van der Waals surface area (Å²) in [5, 5.41) is 13.5. The third kappa shape index (κ3) is 7.24. The molecule has 0 saturated heterocycles. The number of rotatable bonds is 8. The van der Waals surface area contributed by atoms with Gasteiger partial charge in [-0.15, -0.1) is 0 Å². The maximum atomic E-state index is 11.4. The maximum absolute atomic E-state index is 11.4. The molecule has 2 amide bonds. The highest BCUT2D eigenvalue weighted by molar-refractivity contribution is 5.87. The number of hydrogen-bond donors (Lipinski definition) is 3. The first kappa shape index (κ1) is 15.3. The van der Waals surface area contributed by atoms with E-state index in [-0.39, 0.29) is 5.91 Å². The molecule has 6 nitrogen and oxygen atoms in total. The Morgan fingerprint density at radius 2 is 2.24 bits per heavy atom. The Bertz CT molecular complexity index is 290. The van der Waals surface area contributed by atoms with Crippen LogP contribution in [-0.2, 0) is 9.59 Å². The van der Waals surface area contributed by atoms with Crippen molar-refractivity contribution in [2.45, 2.75) is 25.3 Å². The van der Waals surface area contributed by atoms with E-state index in [4.69, 9.17) is 5.11 Å². The van der Waals surface area contributed by atoms with E-state index < -0.39 is 18.6 Å². The van der Waals surface area contributed by atoms with Crippen molar-refractivity contribution in [1.82, 2.24) is 10.6 Å². The molecule has 3 N–H and O–H groups in total. The van der Waals surface area contributed by atoms with Crippen molar-refractivity contribution < 1.29 is 14.7 Å². The summed E-state index contributed by atoms with van der Waals surface area (Å²) in [7, 11) is 1.50. The van der Waals surface area contributed by atoms with Crippen LogP contribution in [0.5, 0.6) is 0 Å². The van der Waals surface area contributed by atoms with Gasteiger partial charge in [0.1, 0.15) is 12.6 Å². The summed E-state index contributed by atoms with van der Waals surface area (Å²) in [6, 6.07) is -0.614. The summed E-state index contributed by atoms with van der Waals surface area (Å²) < 4.78 is 0. The van der Waals surface area contributed by atoms with E-state index in [9.17, 15) is 9.59 Å². The molecule has 0 aliphatic rings. The molecule has 0 aliphatic carbocycles. The predicted octanol–water partition coefficient (Wildman–Crippen LogP) is -0.406. The molecule has 0 aromatic carbocycles. The summed E-state index contributed by atoms with van der Waals surface area (Å²) in [4.78, 5) is 26.2. The number of likely N-dealkylation sites (N-methyl/N-ethyl adjacent to an activating group) is 1. The normalized spacial score (nSPS) is 12.1. The molecule has 0 bridgehead atoms. The van der Waals surface area contributed by atoms with E-state index >= 15 is 0 Å². The molecule has 0 radical (unpaired) electrons. The van der Waals surface area contributed by atoms with Gasteiger partial charge in [0, 0.05) is 19.5 Å². The fourth-order valence-electron chi connectivity index (χ4n) is 1.25. The van der Waals surface area contributed by atoms with Crippen LogP contribution in [0, 0.1) is 0 Å². The zero-order valence-electron chi connectivity index (χ0n) is 9.98. The maximum Gasteiger partial charge on any atom is 0.246 e. The molecule has 17 heavy (non-hydrogen) atoms.